The minimum atomic E-state index is -0.603. The van der Waals surface area contributed by atoms with E-state index in [-0.39, 0.29) is 12.5 Å². The lowest BCUT2D eigenvalue weighted by Crippen LogP contribution is -2.15. The lowest BCUT2D eigenvalue weighted by molar-refractivity contribution is 0.0811. The van der Waals surface area contributed by atoms with E-state index in [0.717, 1.165) is 31.9 Å². The minimum absolute atomic E-state index is 0.221. The van der Waals surface area contributed by atoms with Gasteiger partial charge < -0.3 is 9.84 Å². The molecule has 0 aliphatic carbocycles. The van der Waals surface area contributed by atoms with Gasteiger partial charge in [0.2, 0.25) is 0 Å². The summed E-state index contributed by atoms with van der Waals surface area (Å²) < 4.78 is 31.6. The number of aliphatic hydroxyl groups excluding tert-OH is 1. The van der Waals surface area contributed by atoms with Gasteiger partial charge in [-0.25, -0.2) is 8.78 Å². The highest BCUT2D eigenvalue weighted by Gasteiger charge is 2.17. The van der Waals surface area contributed by atoms with E-state index < -0.39 is 17.7 Å². The molecular formula is C14H18F2O2. The quantitative estimate of drug-likeness (QED) is 0.877. The first-order valence-corrected chi connectivity index (χ1v) is 6.39. The van der Waals surface area contributed by atoms with E-state index >= 15 is 0 Å². The fourth-order valence-electron chi connectivity index (χ4n) is 2.29. The maximum absolute atomic E-state index is 13.4. The van der Waals surface area contributed by atoms with Crippen LogP contribution in [0.1, 0.15) is 31.2 Å². The SMILES string of the molecule is OC(CCC1CCCO1)Cc1ccc(F)cc1F. The van der Waals surface area contributed by atoms with Crippen LogP contribution in [0, 0.1) is 11.6 Å². The zero-order valence-electron chi connectivity index (χ0n) is 10.2. The molecule has 1 aliphatic rings. The summed E-state index contributed by atoms with van der Waals surface area (Å²) >= 11 is 0. The second-order valence-electron chi connectivity index (χ2n) is 4.81. The van der Waals surface area contributed by atoms with Crippen molar-refractivity contribution in [3.63, 3.8) is 0 Å². The van der Waals surface area contributed by atoms with Crippen molar-refractivity contribution in [2.45, 2.75) is 44.3 Å². The van der Waals surface area contributed by atoms with Crippen LogP contribution in [0.4, 0.5) is 8.78 Å². The van der Waals surface area contributed by atoms with Gasteiger partial charge in [-0.1, -0.05) is 6.07 Å². The molecule has 1 saturated heterocycles. The predicted molar refractivity (Wildman–Crippen MR) is 64.3 cm³/mol. The Morgan fingerprint density at radius 3 is 2.89 bits per heavy atom. The maximum atomic E-state index is 13.4. The number of rotatable bonds is 5. The van der Waals surface area contributed by atoms with Crippen molar-refractivity contribution in [1.82, 2.24) is 0 Å². The molecule has 2 unspecified atom stereocenters. The third kappa shape index (κ3) is 3.75. The Kier molecular flexibility index (Phi) is 4.66. The average Bonchev–Trinajstić information content (AvgIpc) is 2.83. The summed E-state index contributed by atoms with van der Waals surface area (Å²) in [5.74, 6) is -1.18. The third-order valence-corrected chi connectivity index (χ3v) is 3.32. The molecule has 0 spiro atoms. The normalized spacial score (nSPS) is 21.2. The topological polar surface area (TPSA) is 29.5 Å². The highest BCUT2D eigenvalue weighted by atomic mass is 19.1. The summed E-state index contributed by atoms with van der Waals surface area (Å²) in [5, 5.41) is 9.84. The van der Waals surface area contributed by atoms with E-state index in [1.807, 2.05) is 0 Å². The fourth-order valence-corrected chi connectivity index (χ4v) is 2.29. The molecule has 0 saturated carbocycles. The van der Waals surface area contributed by atoms with Gasteiger partial charge in [-0.3, -0.25) is 0 Å². The Morgan fingerprint density at radius 2 is 2.22 bits per heavy atom. The molecule has 4 heteroatoms. The Balaban J connectivity index is 1.80. The average molecular weight is 256 g/mol. The first-order chi connectivity index (χ1) is 8.65. The highest BCUT2D eigenvalue weighted by Crippen LogP contribution is 2.19. The molecule has 1 aliphatic heterocycles. The molecule has 2 atom stereocenters. The van der Waals surface area contributed by atoms with Crippen LogP contribution < -0.4 is 0 Å². The predicted octanol–water partition coefficient (Wildman–Crippen LogP) is 2.83. The summed E-state index contributed by atoms with van der Waals surface area (Å²) in [6.07, 6.45) is 3.35. The van der Waals surface area contributed by atoms with Crippen molar-refractivity contribution in [3.05, 3.63) is 35.4 Å². The highest BCUT2D eigenvalue weighted by molar-refractivity contribution is 5.19. The molecular weight excluding hydrogens is 238 g/mol. The molecule has 2 nitrogen and oxygen atoms in total. The minimum Gasteiger partial charge on any atom is -0.393 e. The monoisotopic (exact) mass is 256 g/mol. The van der Waals surface area contributed by atoms with E-state index in [1.165, 1.54) is 12.1 Å². The van der Waals surface area contributed by atoms with E-state index in [1.54, 1.807) is 0 Å². The van der Waals surface area contributed by atoms with Gasteiger partial charge in [-0.2, -0.15) is 0 Å². The molecule has 0 radical (unpaired) electrons. The Labute approximate surface area is 106 Å². The van der Waals surface area contributed by atoms with Crippen LogP contribution in [0.15, 0.2) is 18.2 Å². The molecule has 0 bridgehead atoms. The van der Waals surface area contributed by atoms with Crippen LogP contribution in [0.5, 0.6) is 0 Å². The number of halogens is 2. The fraction of sp³-hybridized carbons (Fsp3) is 0.571. The van der Waals surface area contributed by atoms with Crippen LogP contribution >= 0.6 is 0 Å². The third-order valence-electron chi connectivity index (χ3n) is 3.32. The number of aliphatic hydroxyl groups is 1. The number of ether oxygens (including phenoxy) is 1. The lowest BCUT2D eigenvalue weighted by Gasteiger charge is -2.14. The second kappa shape index (κ2) is 6.25. The van der Waals surface area contributed by atoms with Crippen LogP contribution in [-0.2, 0) is 11.2 Å². The largest absolute Gasteiger partial charge is 0.393 e. The Morgan fingerprint density at radius 1 is 1.39 bits per heavy atom. The van der Waals surface area contributed by atoms with Gasteiger partial charge in [0.15, 0.2) is 0 Å². The summed E-state index contributed by atoms with van der Waals surface area (Å²) in [4.78, 5) is 0. The molecule has 100 valence electrons. The van der Waals surface area contributed by atoms with Crippen molar-refractivity contribution in [2.75, 3.05) is 6.61 Å². The standard InChI is InChI=1S/C14H18F2O2/c15-11-4-3-10(14(16)9-11)8-12(17)5-6-13-2-1-7-18-13/h3-4,9,12-13,17H,1-2,5-8H2. The van der Waals surface area contributed by atoms with E-state index in [0.29, 0.717) is 12.0 Å². The van der Waals surface area contributed by atoms with Crippen molar-refractivity contribution < 1.29 is 18.6 Å². The van der Waals surface area contributed by atoms with Crippen molar-refractivity contribution >= 4 is 0 Å². The molecule has 18 heavy (non-hydrogen) atoms. The van der Waals surface area contributed by atoms with Crippen LogP contribution in [0.3, 0.4) is 0 Å². The summed E-state index contributed by atoms with van der Waals surface area (Å²) in [6.45, 7) is 0.799. The molecule has 1 N–H and O–H groups in total. The number of hydrogen-bond donors (Lipinski definition) is 1. The first-order valence-electron chi connectivity index (χ1n) is 6.39. The van der Waals surface area contributed by atoms with Crippen molar-refractivity contribution in [1.29, 1.82) is 0 Å². The van der Waals surface area contributed by atoms with Gasteiger partial charge in [0, 0.05) is 19.1 Å². The first kappa shape index (κ1) is 13.4. The van der Waals surface area contributed by atoms with Gasteiger partial charge in [-0.05, 0) is 37.3 Å². The number of benzene rings is 1. The lowest BCUT2D eigenvalue weighted by atomic mass is 10.0. The van der Waals surface area contributed by atoms with Gasteiger partial charge in [0.25, 0.3) is 0 Å². The van der Waals surface area contributed by atoms with Gasteiger partial charge in [0.1, 0.15) is 11.6 Å². The van der Waals surface area contributed by atoms with E-state index in [2.05, 4.69) is 0 Å². The molecule has 1 aromatic carbocycles. The Bertz CT molecular complexity index is 389. The van der Waals surface area contributed by atoms with E-state index in [9.17, 15) is 13.9 Å². The van der Waals surface area contributed by atoms with Gasteiger partial charge >= 0.3 is 0 Å². The second-order valence-corrected chi connectivity index (χ2v) is 4.81. The Hall–Kier alpha value is -1.00. The van der Waals surface area contributed by atoms with E-state index in [4.69, 9.17) is 4.74 Å². The van der Waals surface area contributed by atoms with Crippen LogP contribution in [0.2, 0.25) is 0 Å². The molecule has 1 heterocycles. The van der Waals surface area contributed by atoms with Gasteiger partial charge in [-0.15, -0.1) is 0 Å². The molecule has 0 amide bonds. The zero-order chi connectivity index (χ0) is 13.0. The van der Waals surface area contributed by atoms with Crippen LogP contribution in [-0.4, -0.2) is 23.9 Å². The molecule has 2 rings (SSSR count). The molecule has 1 aromatic rings. The molecule has 1 fully saturated rings. The summed E-state index contributed by atoms with van der Waals surface area (Å²) in [5.41, 5.74) is 0.358. The van der Waals surface area contributed by atoms with Crippen LogP contribution in [0.25, 0.3) is 0 Å². The van der Waals surface area contributed by atoms with Crippen molar-refractivity contribution in [2.24, 2.45) is 0 Å². The summed E-state index contributed by atoms with van der Waals surface area (Å²) in [7, 11) is 0. The number of hydrogen-bond acceptors (Lipinski definition) is 2. The maximum Gasteiger partial charge on any atom is 0.129 e. The molecule has 0 aromatic heterocycles. The van der Waals surface area contributed by atoms with Crippen molar-refractivity contribution in [3.8, 4) is 0 Å². The summed E-state index contributed by atoms with van der Waals surface area (Å²) in [6, 6.07) is 3.45. The van der Waals surface area contributed by atoms with Gasteiger partial charge in [0.05, 0.1) is 12.2 Å². The smallest absolute Gasteiger partial charge is 0.129 e. The zero-order valence-corrected chi connectivity index (χ0v) is 10.2.